The molecule has 0 spiro atoms. The Bertz CT molecular complexity index is 652. The van der Waals surface area contributed by atoms with E-state index in [-0.39, 0.29) is 11.8 Å². The monoisotopic (exact) mass is 279 g/mol. The molecule has 21 heavy (non-hydrogen) atoms. The van der Waals surface area contributed by atoms with E-state index in [0.29, 0.717) is 5.92 Å². The van der Waals surface area contributed by atoms with E-state index in [1.165, 1.54) is 5.56 Å². The van der Waals surface area contributed by atoms with Crippen molar-refractivity contribution in [1.29, 1.82) is 0 Å². The molecule has 0 saturated heterocycles. The van der Waals surface area contributed by atoms with Crippen molar-refractivity contribution in [2.24, 2.45) is 11.0 Å². The first-order valence-corrected chi connectivity index (χ1v) is 7.05. The van der Waals surface area contributed by atoms with Crippen LogP contribution in [0.1, 0.15) is 30.4 Å². The second kappa shape index (κ2) is 5.87. The van der Waals surface area contributed by atoms with Crippen LogP contribution in [0.5, 0.6) is 0 Å². The average molecular weight is 279 g/mol. The number of benzene rings is 1. The topological polar surface area (TPSA) is 54.4 Å². The second-order valence-electron chi connectivity index (χ2n) is 5.27. The Hall–Kier alpha value is -2.49. The number of hydrogen-bond acceptors (Lipinski definition) is 3. The minimum Gasteiger partial charge on any atom is -0.273 e. The summed E-state index contributed by atoms with van der Waals surface area (Å²) < 4.78 is 0. The van der Waals surface area contributed by atoms with Gasteiger partial charge < -0.3 is 0 Å². The van der Waals surface area contributed by atoms with Crippen LogP contribution < -0.4 is 5.43 Å². The van der Waals surface area contributed by atoms with Crippen molar-refractivity contribution in [2.75, 3.05) is 0 Å². The zero-order chi connectivity index (χ0) is 14.7. The van der Waals surface area contributed by atoms with Crippen LogP contribution in [-0.2, 0) is 4.79 Å². The summed E-state index contributed by atoms with van der Waals surface area (Å²) in [6.45, 7) is 1.86. The Morgan fingerprint density at radius 2 is 2.05 bits per heavy atom. The van der Waals surface area contributed by atoms with Crippen LogP contribution in [0, 0.1) is 5.92 Å². The molecule has 4 nitrogen and oxygen atoms in total. The summed E-state index contributed by atoms with van der Waals surface area (Å²) in [5, 5.41) is 4.16. The first-order valence-electron chi connectivity index (χ1n) is 7.05. The molecule has 3 rings (SSSR count). The molecule has 106 valence electrons. The maximum absolute atomic E-state index is 12.1. The Morgan fingerprint density at radius 1 is 1.24 bits per heavy atom. The molecule has 2 aromatic rings. The van der Waals surface area contributed by atoms with Crippen molar-refractivity contribution >= 4 is 11.6 Å². The van der Waals surface area contributed by atoms with E-state index >= 15 is 0 Å². The molecule has 0 bridgehead atoms. The lowest BCUT2D eigenvalue weighted by Gasteiger charge is -2.02. The summed E-state index contributed by atoms with van der Waals surface area (Å²) in [4.78, 5) is 16.1. The molecule has 1 amide bonds. The lowest BCUT2D eigenvalue weighted by atomic mass is 10.1. The van der Waals surface area contributed by atoms with Crippen LogP contribution in [0.15, 0.2) is 60.0 Å². The highest BCUT2D eigenvalue weighted by molar-refractivity contribution is 5.99. The Labute approximate surface area is 123 Å². The third-order valence-electron chi connectivity index (χ3n) is 3.77. The van der Waals surface area contributed by atoms with Crippen LogP contribution >= 0.6 is 0 Å². The van der Waals surface area contributed by atoms with E-state index in [0.717, 1.165) is 17.7 Å². The van der Waals surface area contributed by atoms with Gasteiger partial charge in [-0.15, -0.1) is 0 Å². The van der Waals surface area contributed by atoms with Crippen molar-refractivity contribution < 1.29 is 4.79 Å². The highest BCUT2D eigenvalue weighted by Gasteiger charge is 2.43. The number of hydrogen-bond donors (Lipinski definition) is 1. The van der Waals surface area contributed by atoms with Crippen molar-refractivity contribution in [3.63, 3.8) is 0 Å². The van der Waals surface area contributed by atoms with Gasteiger partial charge in [0.15, 0.2) is 0 Å². The fourth-order valence-electron chi connectivity index (χ4n) is 2.42. The predicted molar refractivity (Wildman–Crippen MR) is 81.9 cm³/mol. The normalized spacial score (nSPS) is 20.9. The number of pyridine rings is 1. The third-order valence-corrected chi connectivity index (χ3v) is 3.77. The molecule has 2 unspecified atom stereocenters. The predicted octanol–water partition coefficient (Wildman–Crippen LogP) is 2.73. The Kier molecular flexibility index (Phi) is 3.77. The standard InChI is InChI=1S/C17H17N3O/c1-12(14-8-5-9-18-11-14)19-20-17(21)16-10-15(16)13-6-3-2-4-7-13/h2-9,11,15-16H,10H2,1H3,(H,20,21). The molecule has 1 aromatic heterocycles. The zero-order valence-electron chi connectivity index (χ0n) is 11.9. The second-order valence-corrected chi connectivity index (χ2v) is 5.27. The van der Waals surface area contributed by atoms with E-state index in [1.807, 2.05) is 37.3 Å². The summed E-state index contributed by atoms with van der Waals surface area (Å²) in [5.74, 6) is 0.366. The third kappa shape index (κ3) is 3.16. The quantitative estimate of drug-likeness (QED) is 0.691. The lowest BCUT2D eigenvalue weighted by molar-refractivity contribution is -0.122. The number of carbonyl (C=O) groups is 1. The maximum atomic E-state index is 12.1. The molecule has 1 heterocycles. The first kappa shape index (κ1) is 13.5. The fraction of sp³-hybridized carbons (Fsp3) is 0.235. The van der Waals surface area contributed by atoms with Gasteiger partial charge in [-0.3, -0.25) is 9.78 Å². The van der Waals surface area contributed by atoms with Gasteiger partial charge in [0, 0.05) is 23.9 Å². The number of amides is 1. The van der Waals surface area contributed by atoms with Gasteiger partial charge in [-0.1, -0.05) is 36.4 Å². The molecule has 0 aliphatic heterocycles. The van der Waals surface area contributed by atoms with Gasteiger partial charge in [-0.05, 0) is 30.9 Å². The van der Waals surface area contributed by atoms with E-state index < -0.39 is 0 Å². The van der Waals surface area contributed by atoms with Gasteiger partial charge in [0.05, 0.1) is 5.71 Å². The van der Waals surface area contributed by atoms with Gasteiger partial charge >= 0.3 is 0 Å². The summed E-state index contributed by atoms with van der Waals surface area (Å²) in [6.07, 6.45) is 4.34. The van der Waals surface area contributed by atoms with E-state index in [9.17, 15) is 4.79 Å². The highest BCUT2D eigenvalue weighted by Crippen LogP contribution is 2.47. The van der Waals surface area contributed by atoms with Crippen LogP contribution in [0.2, 0.25) is 0 Å². The molecule has 1 fully saturated rings. The number of aromatic nitrogens is 1. The number of nitrogens with one attached hydrogen (secondary N) is 1. The van der Waals surface area contributed by atoms with Gasteiger partial charge in [0.25, 0.3) is 0 Å². The summed E-state index contributed by atoms with van der Waals surface area (Å²) in [6, 6.07) is 13.9. The van der Waals surface area contributed by atoms with Gasteiger partial charge in [-0.2, -0.15) is 5.10 Å². The first-order chi connectivity index (χ1) is 10.3. The lowest BCUT2D eigenvalue weighted by Crippen LogP contribution is -2.21. The van der Waals surface area contributed by atoms with Crippen molar-refractivity contribution in [1.82, 2.24) is 10.4 Å². The number of carbonyl (C=O) groups excluding carboxylic acids is 1. The highest BCUT2D eigenvalue weighted by atomic mass is 16.2. The van der Waals surface area contributed by atoms with E-state index in [2.05, 4.69) is 27.6 Å². The van der Waals surface area contributed by atoms with E-state index in [4.69, 9.17) is 0 Å². The summed E-state index contributed by atoms with van der Waals surface area (Å²) in [7, 11) is 0. The van der Waals surface area contributed by atoms with Gasteiger partial charge in [0.2, 0.25) is 5.91 Å². The zero-order valence-corrected chi connectivity index (χ0v) is 11.9. The smallest absolute Gasteiger partial charge is 0.243 e. The molecule has 1 aliphatic carbocycles. The summed E-state index contributed by atoms with van der Waals surface area (Å²) >= 11 is 0. The van der Waals surface area contributed by atoms with Crippen LogP contribution in [0.25, 0.3) is 0 Å². The largest absolute Gasteiger partial charge is 0.273 e. The van der Waals surface area contributed by atoms with Crippen molar-refractivity contribution in [3.8, 4) is 0 Å². The van der Waals surface area contributed by atoms with Crippen molar-refractivity contribution in [3.05, 3.63) is 66.0 Å². The molecular weight excluding hydrogens is 262 g/mol. The van der Waals surface area contributed by atoms with Crippen LogP contribution in [0.3, 0.4) is 0 Å². The molecule has 2 atom stereocenters. The van der Waals surface area contributed by atoms with E-state index in [1.54, 1.807) is 12.4 Å². The summed E-state index contributed by atoms with van der Waals surface area (Å²) in [5.41, 5.74) is 5.56. The molecule has 1 aromatic carbocycles. The fourth-order valence-corrected chi connectivity index (χ4v) is 2.42. The average Bonchev–Trinajstić information content (AvgIpc) is 3.35. The number of rotatable bonds is 4. The van der Waals surface area contributed by atoms with Crippen LogP contribution in [0.4, 0.5) is 0 Å². The van der Waals surface area contributed by atoms with Gasteiger partial charge in [-0.25, -0.2) is 5.43 Å². The molecule has 1 saturated carbocycles. The molecular formula is C17H17N3O. The Morgan fingerprint density at radius 3 is 2.76 bits per heavy atom. The molecule has 4 heteroatoms. The minimum absolute atomic E-state index is 0.00732. The maximum Gasteiger partial charge on any atom is 0.243 e. The number of hydrazone groups is 1. The minimum atomic E-state index is -0.00732. The molecule has 1 N–H and O–H groups in total. The molecule has 0 radical (unpaired) electrons. The van der Waals surface area contributed by atoms with Crippen LogP contribution in [-0.4, -0.2) is 16.6 Å². The Balaban J connectivity index is 1.59. The number of nitrogens with zero attached hydrogens (tertiary/aromatic N) is 2. The van der Waals surface area contributed by atoms with Crippen molar-refractivity contribution in [2.45, 2.75) is 19.3 Å². The van der Waals surface area contributed by atoms with Gasteiger partial charge in [0.1, 0.15) is 0 Å². The SMILES string of the molecule is CC(=NNC(=O)C1CC1c1ccccc1)c1cccnc1. The molecule has 1 aliphatic rings.